The lowest BCUT2D eigenvalue weighted by Gasteiger charge is -2.06. The molecule has 1 aromatic carbocycles. The molecule has 0 aliphatic carbocycles. The van der Waals surface area contributed by atoms with Gasteiger partial charge in [0.25, 0.3) is 0 Å². The lowest BCUT2D eigenvalue weighted by molar-refractivity contribution is -0.106. The van der Waals surface area contributed by atoms with Crippen LogP contribution in [0.5, 0.6) is 0 Å². The van der Waals surface area contributed by atoms with Crippen molar-refractivity contribution in [3.05, 3.63) is 52.5 Å². The van der Waals surface area contributed by atoms with Gasteiger partial charge in [-0.1, -0.05) is 50.9 Å². The van der Waals surface area contributed by atoms with Crippen LogP contribution in [0.15, 0.2) is 41.9 Å². The zero-order valence-corrected chi connectivity index (χ0v) is 18.1. The Morgan fingerprint density at radius 1 is 1.15 bits per heavy atom. The molecule has 0 saturated carbocycles. The van der Waals surface area contributed by atoms with Crippen LogP contribution in [0.25, 0.3) is 0 Å². The Balaban J connectivity index is 0. The number of aromatic nitrogens is 2. The van der Waals surface area contributed by atoms with E-state index < -0.39 is 0 Å². The summed E-state index contributed by atoms with van der Waals surface area (Å²) in [7, 11) is 0. The van der Waals surface area contributed by atoms with Gasteiger partial charge in [-0.25, -0.2) is 15.0 Å². The summed E-state index contributed by atoms with van der Waals surface area (Å²) in [4.78, 5) is 21.0. The fourth-order valence-corrected chi connectivity index (χ4v) is 1.74. The van der Waals surface area contributed by atoms with Crippen molar-refractivity contribution in [1.29, 1.82) is 0 Å². The molecule has 2 aromatic rings. The molecule has 1 heterocycles. The van der Waals surface area contributed by atoms with Crippen LogP contribution >= 0.6 is 23.2 Å². The molecule has 1 aromatic heterocycles. The summed E-state index contributed by atoms with van der Waals surface area (Å²) in [6.45, 7) is 10.5. The highest BCUT2D eigenvalue weighted by molar-refractivity contribution is 6.42. The fraction of sp³-hybridized carbons (Fsp3) is 0.368. The fourth-order valence-electron chi connectivity index (χ4n) is 1.45. The number of halogens is 2. The number of nitrogens with two attached hydrogens (primary N) is 1. The van der Waals surface area contributed by atoms with Crippen LogP contribution in [0.3, 0.4) is 0 Å². The van der Waals surface area contributed by atoms with Gasteiger partial charge in [-0.05, 0) is 30.7 Å². The molecule has 150 valence electrons. The van der Waals surface area contributed by atoms with Crippen LogP contribution in [-0.4, -0.2) is 28.8 Å². The summed E-state index contributed by atoms with van der Waals surface area (Å²) in [6, 6.07) is 5.23. The van der Waals surface area contributed by atoms with Gasteiger partial charge in [-0.15, -0.1) is 0 Å². The van der Waals surface area contributed by atoms with Crippen molar-refractivity contribution in [3.8, 4) is 0 Å². The van der Waals surface area contributed by atoms with Gasteiger partial charge >= 0.3 is 0 Å². The molecule has 3 N–H and O–H groups in total. The average molecular weight is 414 g/mol. The molecule has 1 amide bonds. The zero-order chi connectivity index (χ0) is 21.1. The number of anilines is 1. The number of nitrogens with one attached hydrogen (secondary N) is 1. The van der Waals surface area contributed by atoms with Gasteiger partial charge in [0.15, 0.2) is 0 Å². The van der Waals surface area contributed by atoms with Crippen LogP contribution in [0, 0.1) is 6.92 Å². The number of benzene rings is 1. The minimum Gasteiger partial charge on any atom is -0.387 e. The largest absolute Gasteiger partial charge is 0.387 e. The Kier molecular flexibility index (Phi) is 18.6. The highest BCUT2D eigenvalue weighted by atomic mass is 35.5. The number of rotatable bonds is 5. The minimum atomic E-state index is 0.294. The van der Waals surface area contributed by atoms with E-state index in [0.29, 0.717) is 35.3 Å². The number of carbonyl (C=O) groups excluding carboxylic acids is 1. The molecule has 0 spiro atoms. The minimum absolute atomic E-state index is 0.294. The van der Waals surface area contributed by atoms with E-state index >= 15 is 0 Å². The first-order chi connectivity index (χ1) is 13.0. The van der Waals surface area contributed by atoms with Gasteiger partial charge in [-0.2, -0.15) is 0 Å². The van der Waals surface area contributed by atoms with Crippen LogP contribution in [-0.2, 0) is 4.79 Å². The van der Waals surface area contributed by atoms with Crippen molar-refractivity contribution >= 4 is 41.1 Å². The van der Waals surface area contributed by atoms with E-state index in [1.165, 1.54) is 6.33 Å². The molecular weight excluding hydrogens is 385 g/mol. The maximum atomic E-state index is 10.0. The summed E-state index contributed by atoms with van der Waals surface area (Å²) in [5, 5.41) is 4.08. The molecule has 6 nitrogen and oxygen atoms in total. The van der Waals surface area contributed by atoms with Gasteiger partial charge < -0.3 is 11.1 Å². The molecule has 0 radical (unpaired) electrons. The highest BCUT2D eigenvalue weighted by Crippen LogP contribution is 2.24. The molecule has 0 saturated heterocycles. The van der Waals surface area contributed by atoms with Crippen molar-refractivity contribution in [3.63, 3.8) is 0 Å². The summed E-state index contributed by atoms with van der Waals surface area (Å²) in [6.07, 6.45) is 5.97. The summed E-state index contributed by atoms with van der Waals surface area (Å²) >= 11 is 11.6. The normalized spacial score (nSPS) is 9.37. The number of hydrogen-bond acceptors (Lipinski definition) is 4. The van der Waals surface area contributed by atoms with Gasteiger partial charge in [0.05, 0.1) is 10.0 Å². The Hall–Kier alpha value is -2.18. The molecule has 0 atom stereocenters. The Morgan fingerprint density at radius 3 is 2.19 bits per heavy atom. The number of carbonyl (C=O) groups is 1. The molecule has 0 aliphatic rings. The molecule has 0 aliphatic heterocycles. The Bertz CT molecular complexity index is 652. The van der Waals surface area contributed by atoms with E-state index in [0.717, 1.165) is 11.3 Å². The number of aliphatic imine (C=N–C) groups is 1. The first-order valence-electron chi connectivity index (χ1n) is 8.69. The predicted molar refractivity (Wildman–Crippen MR) is 117 cm³/mol. The average Bonchev–Trinajstić information content (AvgIpc) is 2.69. The van der Waals surface area contributed by atoms with Crippen molar-refractivity contribution in [2.45, 2.75) is 41.0 Å². The SMILES string of the molecule is CC.CC.Cc1cncnc1.NC(CCNc1ccc(Cl)c(Cl)c1)=NC=O. The Morgan fingerprint density at radius 2 is 1.74 bits per heavy atom. The highest BCUT2D eigenvalue weighted by Gasteiger charge is 1.99. The standard InChI is InChI=1S/C10H11Cl2N3O.C5H6N2.2C2H6/c11-8-2-1-7(5-9(8)12)14-4-3-10(13)15-6-16;1-5-2-6-4-7-3-5;2*1-2/h1-2,5-6,14H,3-4H2,(H2,13,15,16);2-4H,1H3;2*1-2H3. The van der Waals surface area contributed by atoms with Crippen molar-refractivity contribution in [1.82, 2.24) is 9.97 Å². The lowest BCUT2D eigenvalue weighted by atomic mass is 10.3. The van der Waals surface area contributed by atoms with Gasteiger partial charge in [0.1, 0.15) is 12.2 Å². The number of amidine groups is 1. The number of amides is 1. The molecule has 8 heteroatoms. The van der Waals surface area contributed by atoms with Gasteiger partial charge in [0, 0.05) is 31.0 Å². The first kappa shape index (κ1) is 27.0. The molecule has 2 rings (SSSR count). The quantitative estimate of drug-likeness (QED) is 0.401. The van der Waals surface area contributed by atoms with Crippen molar-refractivity contribution in [2.24, 2.45) is 10.7 Å². The van der Waals surface area contributed by atoms with Crippen LogP contribution in [0.2, 0.25) is 10.0 Å². The van der Waals surface area contributed by atoms with Crippen molar-refractivity contribution in [2.75, 3.05) is 11.9 Å². The summed E-state index contributed by atoms with van der Waals surface area (Å²) in [5.41, 5.74) is 7.37. The topological polar surface area (TPSA) is 93.3 Å². The molecule has 27 heavy (non-hydrogen) atoms. The van der Waals surface area contributed by atoms with E-state index in [9.17, 15) is 4.79 Å². The van der Waals surface area contributed by atoms with Gasteiger partial charge in [-0.3, -0.25) is 4.79 Å². The predicted octanol–water partition coefficient (Wildman–Crippen LogP) is 5.15. The zero-order valence-electron chi connectivity index (χ0n) is 16.5. The van der Waals surface area contributed by atoms with Crippen LogP contribution < -0.4 is 11.1 Å². The monoisotopic (exact) mass is 413 g/mol. The van der Waals surface area contributed by atoms with E-state index in [1.54, 1.807) is 30.6 Å². The first-order valence-corrected chi connectivity index (χ1v) is 9.45. The number of nitrogens with zero attached hydrogens (tertiary/aromatic N) is 3. The molecule has 0 unspecified atom stereocenters. The van der Waals surface area contributed by atoms with Gasteiger partial charge in [0.2, 0.25) is 6.41 Å². The second-order valence-corrected chi connectivity index (χ2v) is 5.26. The third-order valence-corrected chi connectivity index (χ3v) is 3.28. The third kappa shape index (κ3) is 14.7. The summed E-state index contributed by atoms with van der Waals surface area (Å²) in [5.74, 6) is 0.294. The Labute approximate surface area is 172 Å². The van der Waals surface area contributed by atoms with E-state index in [1.807, 2.05) is 34.6 Å². The third-order valence-electron chi connectivity index (χ3n) is 2.54. The summed E-state index contributed by atoms with van der Waals surface area (Å²) < 4.78 is 0. The van der Waals surface area contributed by atoms with Crippen molar-refractivity contribution < 1.29 is 4.79 Å². The van der Waals surface area contributed by atoms with Crippen LogP contribution in [0.4, 0.5) is 5.69 Å². The second kappa shape index (κ2) is 18.6. The number of hydrogen-bond donors (Lipinski definition) is 2. The van der Waals surface area contributed by atoms with E-state index in [4.69, 9.17) is 28.9 Å². The molecular formula is C19H29Cl2N5O. The second-order valence-electron chi connectivity index (χ2n) is 4.45. The van der Waals surface area contributed by atoms with E-state index in [-0.39, 0.29) is 0 Å². The molecule has 0 fully saturated rings. The molecule has 0 bridgehead atoms. The lowest BCUT2D eigenvalue weighted by Crippen LogP contribution is -2.16. The van der Waals surface area contributed by atoms with E-state index in [2.05, 4.69) is 20.3 Å². The maximum Gasteiger partial charge on any atom is 0.234 e. The smallest absolute Gasteiger partial charge is 0.234 e. The van der Waals surface area contributed by atoms with Crippen LogP contribution in [0.1, 0.15) is 39.7 Å². The number of aryl methyl sites for hydroxylation is 1. The maximum absolute atomic E-state index is 10.0.